The summed E-state index contributed by atoms with van der Waals surface area (Å²) in [5.74, 6) is 0.413. The first-order chi connectivity index (χ1) is 16.6. The normalized spacial score (nSPS) is 11.7. The maximum atomic E-state index is 12.9. The van der Waals surface area contributed by atoms with Crippen molar-refractivity contribution in [2.24, 2.45) is 0 Å². The van der Waals surface area contributed by atoms with Crippen LogP contribution in [0.25, 0.3) is 22.3 Å². The molecule has 0 aliphatic carbocycles. The van der Waals surface area contributed by atoms with Crippen molar-refractivity contribution in [2.75, 3.05) is 12.5 Å². The van der Waals surface area contributed by atoms with Crippen LogP contribution in [0.2, 0.25) is 15.2 Å². The molecule has 0 radical (unpaired) electrons. The lowest BCUT2D eigenvalue weighted by Gasteiger charge is -2.22. The number of rotatable bonds is 6. The van der Waals surface area contributed by atoms with Gasteiger partial charge >= 0.3 is 6.18 Å². The van der Waals surface area contributed by atoms with E-state index >= 15 is 0 Å². The minimum absolute atomic E-state index is 0.202. The Bertz CT molecular complexity index is 1310. The summed E-state index contributed by atoms with van der Waals surface area (Å²) in [4.78, 5) is 0. The molecule has 0 spiro atoms. The number of hydrogen-bond donors (Lipinski definition) is 1. The largest absolute Gasteiger partial charge is 0.416 e. The van der Waals surface area contributed by atoms with Crippen LogP contribution in [-0.4, -0.2) is 22.3 Å². The third-order valence-corrected chi connectivity index (χ3v) is 5.96. The molecule has 0 amide bonds. The van der Waals surface area contributed by atoms with Crippen LogP contribution in [0.15, 0.2) is 72.8 Å². The van der Waals surface area contributed by atoms with Gasteiger partial charge in [-0.3, -0.25) is 0 Å². The van der Waals surface area contributed by atoms with Crippen LogP contribution in [0, 0.1) is 0 Å². The number of alkyl halides is 3. The van der Waals surface area contributed by atoms with Gasteiger partial charge in [-0.25, -0.2) is 5.01 Å². The van der Waals surface area contributed by atoms with Gasteiger partial charge in [0.25, 0.3) is 0 Å². The quantitative estimate of drug-likeness (QED) is 0.251. The molecule has 1 heterocycles. The summed E-state index contributed by atoms with van der Waals surface area (Å²) < 4.78 is 38.6. The van der Waals surface area contributed by atoms with Gasteiger partial charge in [-0.2, -0.15) is 13.2 Å². The SMILES string of the molecule is CN(Cc1ccc(C(F)(F)F)cc1)Nc1nnc(Cl)c(-c2ccc(Cl)cc2)c1-c1ccc(Cl)cc1. The van der Waals surface area contributed by atoms with E-state index in [2.05, 4.69) is 15.6 Å². The summed E-state index contributed by atoms with van der Waals surface area (Å²) in [6, 6.07) is 19.4. The average Bonchev–Trinajstić information content (AvgIpc) is 2.81. The number of nitrogens with one attached hydrogen (secondary N) is 1. The van der Waals surface area contributed by atoms with Gasteiger partial charge in [0, 0.05) is 34.8 Å². The monoisotopic (exact) mass is 536 g/mol. The van der Waals surface area contributed by atoms with E-state index in [0.717, 1.165) is 23.3 Å². The highest BCUT2D eigenvalue weighted by Gasteiger charge is 2.30. The van der Waals surface area contributed by atoms with Crippen LogP contribution in [0.1, 0.15) is 11.1 Å². The Balaban J connectivity index is 1.70. The van der Waals surface area contributed by atoms with Crippen molar-refractivity contribution in [3.05, 3.63) is 99.1 Å². The molecule has 0 bridgehead atoms. The number of anilines is 1. The second-order valence-corrected chi connectivity index (χ2v) is 9.00. The fraction of sp³-hybridized carbons (Fsp3) is 0.120. The van der Waals surface area contributed by atoms with E-state index in [0.29, 0.717) is 39.1 Å². The second-order valence-electron chi connectivity index (χ2n) is 7.77. The van der Waals surface area contributed by atoms with E-state index in [9.17, 15) is 13.2 Å². The van der Waals surface area contributed by atoms with Gasteiger partial charge in [0.2, 0.25) is 0 Å². The van der Waals surface area contributed by atoms with E-state index in [1.54, 1.807) is 36.3 Å². The number of hydrazine groups is 1. The first-order valence-electron chi connectivity index (χ1n) is 10.3. The summed E-state index contributed by atoms with van der Waals surface area (Å²) in [5, 5.41) is 11.4. The molecule has 0 aliphatic rings. The molecule has 0 atom stereocenters. The zero-order chi connectivity index (χ0) is 25.2. The minimum Gasteiger partial charge on any atom is -0.301 e. The highest BCUT2D eigenvalue weighted by Crippen LogP contribution is 2.41. The Hall–Kier alpha value is -2.84. The fourth-order valence-electron chi connectivity index (χ4n) is 3.56. The van der Waals surface area contributed by atoms with Crippen molar-refractivity contribution in [1.29, 1.82) is 0 Å². The highest BCUT2D eigenvalue weighted by atomic mass is 35.5. The van der Waals surface area contributed by atoms with Gasteiger partial charge in [-0.05, 0) is 53.1 Å². The van der Waals surface area contributed by atoms with Crippen molar-refractivity contribution in [1.82, 2.24) is 15.2 Å². The van der Waals surface area contributed by atoms with E-state index in [1.165, 1.54) is 12.1 Å². The molecule has 180 valence electrons. The topological polar surface area (TPSA) is 41.0 Å². The molecule has 0 aliphatic heterocycles. The molecule has 10 heteroatoms. The lowest BCUT2D eigenvalue weighted by molar-refractivity contribution is -0.137. The average molecular weight is 538 g/mol. The van der Waals surface area contributed by atoms with Gasteiger partial charge in [0.1, 0.15) is 0 Å². The first-order valence-corrected chi connectivity index (χ1v) is 11.5. The number of nitrogens with zero attached hydrogens (tertiary/aromatic N) is 3. The van der Waals surface area contributed by atoms with Gasteiger partial charge in [0.05, 0.1) is 5.56 Å². The van der Waals surface area contributed by atoms with Crippen LogP contribution in [-0.2, 0) is 12.7 Å². The van der Waals surface area contributed by atoms with Gasteiger partial charge < -0.3 is 5.43 Å². The molecule has 4 nitrogen and oxygen atoms in total. The van der Waals surface area contributed by atoms with Gasteiger partial charge in [0.15, 0.2) is 11.0 Å². The van der Waals surface area contributed by atoms with Crippen LogP contribution < -0.4 is 5.43 Å². The number of halogens is 6. The molecule has 1 aromatic heterocycles. The van der Waals surface area contributed by atoms with Crippen LogP contribution in [0.5, 0.6) is 0 Å². The summed E-state index contributed by atoms with van der Waals surface area (Å²) in [6.07, 6.45) is -4.38. The Labute approximate surface area is 215 Å². The highest BCUT2D eigenvalue weighted by molar-refractivity contribution is 6.33. The molecule has 0 saturated heterocycles. The maximum absolute atomic E-state index is 12.9. The molecule has 0 saturated carbocycles. The molecule has 4 aromatic rings. The lowest BCUT2D eigenvalue weighted by atomic mass is 9.96. The number of benzene rings is 3. The molecule has 1 N–H and O–H groups in total. The van der Waals surface area contributed by atoms with Crippen molar-refractivity contribution in [2.45, 2.75) is 12.7 Å². The zero-order valence-corrected chi connectivity index (χ0v) is 20.5. The molecule has 4 rings (SSSR count). The zero-order valence-electron chi connectivity index (χ0n) is 18.2. The Morgan fingerprint density at radius 1 is 0.743 bits per heavy atom. The minimum atomic E-state index is -4.38. The maximum Gasteiger partial charge on any atom is 0.416 e. The molecular formula is C25H18Cl3F3N4. The van der Waals surface area contributed by atoms with Crippen LogP contribution >= 0.6 is 34.8 Å². The third kappa shape index (κ3) is 6.05. The summed E-state index contributed by atoms with van der Waals surface area (Å²) in [5.41, 5.74) is 6.08. The van der Waals surface area contributed by atoms with Crippen molar-refractivity contribution in [3.8, 4) is 22.3 Å². The summed E-state index contributed by atoms with van der Waals surface area (Å²) in [7, 11) is 1.75. The van der Waals surface area contributed by atoms with Crippen LogP contribution in [0.3, 0.4) is 0 Å². The molecular weight excluding hydrogens is 520 g/mol. The Morgan fingerprint density at radius 2 is 1.26 bits per heavy atom. The van der Waals surface area contributed by atoms with Gasteiger partial charge in [-0.1, -0.05) is 71.2 Å². The van der Waals surface area contributed by atoms with E-state index in [1.807, 2.05) is 24.3 Å². The van der Waals surface area contributed by atoms with Crippen molar-refractivity contribution in [3.63, 3.8) is 0 Å². The van der Waals surface area contributed by atoms with E-state index in [-0.39, 0.29) is 5.15 Å². The van der Waals surface area contributed by atoms with Crippen molar-refractivity contribution < 1.29 is 13.2 Å². The standard InChI is InChI=1S/C25H18Cl3F3N4/c1-35(14-15-2-8-18(9-3-15)25(29,30)31)34-24-22(17-6-12-20(27)13-7-17)21(23(28)32-33-24)16-4-10-19(26)11-5-16/h2-13H,14H2,1H3,(H,33,34). The Morgan fingerprint density at radius 3 is 1.77 bits per heavy atom. The summed E-state index contributed by atoms with van der Waals surface area (Å²) in [6.45, 7) is 0.304. The predicted molar refractivity (Wildman–Crippen MR) is 134 cm³/mol. The van der Waals surface area contributed by atoms with Gasteiger partial charge in [-0.15, -0.1) is 10.2 Å². The number of aromatic nitrogens is 2. The molecule has 0 unspecified atom stereocenters. The van der Waals surface area contributed by atoms with E-state index < -0.39 is 11.7 Å². The second kappa shape index (κ2) is 10.4. The summed E-state index contributed by atoms with van der Waals surface area (Å²) >= 11 is 18.7. The molecule has 3 aromatic carbocycles. The molecule has 35 heavy (non-hydrogen) atoms. The smallest absolute Gasteiger partial charge is 0.301 e. The predicted octanol–water partition coefficient (Wildman–Crippen LogP) is 8.25. The number of hydrogen-bond acceptors (Lipinski definition) is 4. The third-order valence-electron chi connectivity index (χ3n) is 5.19. The lowest BCUT2D eigenvalue weighted by Crippen LogP contribution is -2.26. The van der Waals surface area contributed by atoms with E-state index in [4.69, 9.17) is 34.8 Å². The van der Waals surface area contributed by atoms with Crippen LogP contribution in [0.4, 0.5) is 19.0 Å². The molecule has 0 fully saturated rings. The first kappa shape index (κ1) is 25.3. The van der Waals surface area contributed by atoms with Crippen molar-refractivity contribution >= 4 is 40.6 Å². The Kier molecular flexibility index (Phi) is 7.52. The fourth-order valence-corrected chi connectivity index (χ4v) is 4.06.